The number of hydrogen-bond acceptors (Lipinski definition) is 2. The maximum atomic E-state index is 13.9. The lowest BCUT2D eigenvalue weighted by Gasteiger charge is -2.24. The van der Waals surface area contributed by atoms with Crippen molar-refractivity contribution in [3.63, 3.8) is 0 Å². The number of fused-ring (bicyclic) bond motifs is 1. The zero-order chi connectivity index (χ0) is 14.3. The molecule has 0 fully saturated rings. The summed E-state index contributed by atoms with van der Waals surface area (Å²) >= 11 is 5.90. The average molecular weight is 292 g/mol. The highest BCUT2D eigenvalue weighted by Gasteiger charge is 2.41. The summed E-state index contributed by atoms with van der Waals surface area (Å²) in [6.07, 6.45) is 0.558. The molecule has 0 amide bonds. The molecule has 2 aromatic carbocycles. The van der Waals surface area contributed by atoms with Crippen molar-refractivity contribution in [1.29, 1.82) is 0 Å². The Morgan fingerprint density at radius 3 is 2.85 bits per heavy atom. The van der Waals surface area contributed by atoms with Gasteiger partial charge < -0.3 is 10.8 Å². The van der Waals surface area contributed by atoms with Crippen LogP contribution in [0.4, 0.5) is 4.39 Å². The van der Waals surface area contributed by atoms with Crippen LogP contribution in [0.5, 0.6) is 0 Å². The molecular weight excluding hydrogens is 277 g/mol. The molecule has 2 nitrogen and oxygen atoms in total. The van der Waals surface area contributed by atoms with Crippen LogP contribution in [0.1, 0.15) is 29.2 Å². The fourth-order valence-corrected chi connectivity index (χ4v) is 3.18. The van der Waals surface area contributed by atoms with E-state index in [9.17, 15) is 9.50 Å². The Bertz CT molecular complexity index is 661. The summed E-state index contributed by atoms with van der Waals surface area (Å²) in [5.41, 5.74) is 7.05. The van der Waals surface area contributed by atoms with Gasteiger partial charge in [-0.15, -0.1) is 0 Å². The van der Waals surface area contributed by atoms with Crippen molar-refractivity contribution in [2.45, 2.75) is 24.5 Å². The quantitative estimate of drug-likeness (QED) is 0.892. The summed E-state index contributed by atoms with van der Waals surface area (Å²) in [4.78, 5) is 0. The minimum Gasteiger partial charge on any atom is -0.385 e. The molecule has 1 aliphatic rings. The third kappa shape index (κ3) is 2.22. The van der Waals surface area contributed by atoms with Crippen LogP contribution in [0.15, 0.2) is 42.5 Å². The average Bonchev–Trinajstić information content (AvgIpc) is 2.67. The summed E-state index contributed by atoms with van der Waals surface area (Å²) in [6.45, 7) is 0. The van der Waals surface area contributed by atoms with E-state index in [1.807, 2.05) is 24.3 Å². The van der Waals surface area contributed by atoms with Crippen LogP contribution in [-0.2, 0) is 12.0 Å². The van der Waals surface area contributed by atoms with Gasteiger partial charge in [-0.1, -0.05) is 35.9 Å². The Labute approximate surface area is 122 Å². The molecule has 0 spiro atoms. The van der Waals surface area contributed by atoms with E-state index in [0.717, 1.165) is 11.1 Å². The number of hydrogen-bond donors (Lipinski definition) is 2. The van der Waals surface area contributed by atoms with E-state index in [0.29, 0.717) is 17.0 Å². The lowest BCUT2D eigenvalue weighted by molar-refractivity contribution is 0.0333. The lowest BCUT2D eigenvalue weighted by Crippen LogP contribution is -2.27. The third-order valence-electron chi connectivity index (χ3n) is 3.91. The first-order chi connectivity index (χ1) is 9.49. The van der Waals surface area contributed by atoms with Crippen LogP contribution in [0, 0.1) is 5.82 Å². The first-order valence-corrected chi connectivity index (χ1v) is 6.89. The first-order valence-electron chi connectivity index (χ1n) is 6.51. The Kier molecular flexibility index (Phi) is 3.28. The SMILES string of the molecule is NC1CC(O)(Cc2cc(Cl)ccc2F)c2ccccc21. The maximum absolute atomic E-state index is 13.9. The van der Waals surface area contributed by atoms with Crippen molar-refractivity contribution in [2.24, 2.45) is 5.73 Å². The van der Waals surface area contributed by atoms with Crippen molar-refractivity contribution in [1.82, 2.24) is 0 Å². The molecule has 3 rings (SSSR count). The smallest absolute Gasteiger partial charge is 0.126 e. The fraction of sp³-hybridized carbons (Fsp3) is 0.250. The minimum atomic E-state index is -1.14. The van der Waals surface area contributed by atoms with E-state index < -0.39 is 5.60 Å². The Hall–Kier alpha value is -1.42. The lowest BCUT2D eigenvalue weighted by atomic mass is 9.88. The van der Waals surface area contributed by atoms with Gasteiger partial charge in [-0.25, -0.2) is 4.39 Å². The number of halogens is 2. The highest BCUT2D eigenvalue weighted by Crippen LogP contribution is 2.44. The number of rotatable bonds is 2. The van der Waals surface area contributed by atoms with Gasteiger partial charge in [0.05, 0.1) is 5.60 Å². The molecule has 104 valence electrons. The summed E-state index contributed by atoms with van der Waals surface area (Å²) in [5, 5.41) is 11.4. The monoisotopic (exact) mass is 291 g/mol. The van der Waals surface area contributed by atoms with Crippen molar-refractivity contribution >= 4 is 11.6 Å². The van der Waals surface area contributed by atoms with Crippen molar-refractivity contribution in [2.75, 3.05) is 0 Å². The van der Waals surface area contributed by atoms with Crippen molar-refractivity contribution in [3.8, 4) is 0 Å². The van der Waals surface area contributed by atoms with E-state index >= 15 is 0 Å². The molecule has 2 unspecified atom stereocenters. The molecule has 20 heavy (non-hydrogen) atoms. The molecule has 3 N–H and O–H groups in total. The van der Waals surface area contributed by atoms with E-state index in [-0.39, 0.29) is 18.3 Å². The highest BCUT2D eigenvalue weighted by molar-refractivity contribution is 6.30. The van der Waals surface area contributed by atoms with Gasteiger partial charge in [0.1, 0.15) is 5.82 Å². The zero-order valence-corrected chi connectivity index (χ0v) is 11.6. The van der Waals surface area contributed by atoms with E-state index in [1.54, 1.807) is 6.07 Å². The standard InChI is InChI=1S/C16H15ClFNO/c17-11-5-6-14(18)10(7-11)8-16(20)9-15(19)12-3-1-2-4-13(12)16/h1-7,15,20H,8-9,19H2. The Morgan fingerprint density at radius 1 is 1.30 bits per heavy atom. The molecule has 0 heterocycles. The highest BCUT2D eigenvalue weighted by atomic mass is 35.5. The molecule has 0 aromatic heterocycles. The van der Waals surface area contributed by atoms with Crippen LogP contribution in [0.3, 0.4) is 0 Å². The molecule has 4 heteroatoms. The topological polar surface area (TPSA) is 46.2 Å². The van der Waals surface area contributed by atoms with Gasteiger partial charge in [-0.05, 0) is 41.3 Å². The van der Waals surface area contributed by atoms with Crippen LogP contribution in [-0.4, -0.2) is 5.11 Å². The molecule has 0 saturated carbocycles. The number of aliphatic hydroxyl groups is 1. The van der Waals surface area contributed by atoms with Gasteiger partial charge in [0.2, 0.25) is 0 Å². The van der Waals surface area contributed by atoms with Gasteiger partial charge >= 0.3 is 0 Å². The van der Waals surface area contributed by atoms with Crippen LogP contribution in [0.25, 0.3) is 0 Å². The molecule has 0 radical (unpaired) electrons. The van der Waals surface area contributed by atoms with Gasteiger partial charge in [-0.3, -0.25) is 0 Å². The zero-order valence-electron chi connectivity index (χ0n) is 10.8. The normalized spacial score (nSPS) is 24.7. The summed E-state index contributed by atoms with van der Waals surface area (Å²) in [7, 11) is 0. The second-order valence-electron chi connectivity index (χ2n) is 5.34. The number of benzene rings is 2. The van der Waals surface area contributed by atoms with Crippen LogP contribution < -0.4 is 5.73 Å². The molecule has 2 aromatic rings. The molecule has 0 aliphatic heterocycles. The van der Waals surface area contributed by atoms with E-state index in [4.69, 9.17) is 17.3 Å². The number of nitrogens with two attached hydrogens (primary N) is 1. The van der Waals surface area contributed by atoms with Gasteiger partial charge in [0.25, 0.3) is 0 Å². The van der Waals surface area contributed by atoms with E-state index in [1.165, 1.54) is 12.1 Å². The van der Waals surface area contributed by atoms with Crippen LogP contribution in [0.2, 0.25) is 5.02 Å². The summed E-state index contributed by atoms with van der Waals surface area (Å²) in [5.74, 6) is -0.360. The van der Waals surface area contributed by atoms with Crippen molar-refractivity contribution < 1.29 is 9.50 Å². The van der Waals surface area contributed by atoms with Gasteiger partial charge in [0.15, 0.2) is 0 Å². The second kappa shape index (κ2) is 4.85. The molecule has 2 atom stereocenters. The maximum Gasteiger partial charge on any atom is 0.126 e. The third-order valence-corrected chi connectivity index (χ3v) is 4.14. The van der Waals surface area contributed by atoms with E-state index in [2.05, 4.69) is 0 Å². The van der Waals surface area contributed by atoms with Crippen LogP contribution >= 0.6 is 11.6 Å². The summed E-state index contributed by atoms with van der Waals surface area (Å²) in [6, 6.07) is 11.7. The Balaban J connectivity index is 2.01. The first kappa shape index (κ1) is 13.6. The second-order valence-corrected chi connectivity index (χ2v) is 5.78. The molecular formula is C16H15ClFNO. The molecule has 0 saturated heterocycles. The predicted octanol–water partition coefficient (Wildman–Crippen LogP) is 3.31. The fourth-order valence-electron chi connectivity index (χ4n) is 2.99. The molecule has 0 bridgehead atoms. The summed E-state index contributed by atoms with van der Waals surface area (Å²) < 4.78 is 13.9. The van der Waals surface area contributed by atoms with Gasteiger partial charge in [-0.2, -0.15) is 0 Å². The van der Waals surface area contributed by atoms with Crippen molar-refractivity contribution in [3.05, 3.63) is 70.0 Å². The predicted molar refractivity (Wildman–Crippen MR) is 77.0 cm³/mol. The molecule has 1 aliphatic carbocycles. The largest absolute Gasteiger partial charge is 0.385 e. The Morgan fingerprint density at radius 2 is 2.05 bits per heavy atom. The minimum absolute atomic E-state index is 0.171. The van der Waals surface area contributed by atoms with Gasteiger partial charge in [0, 0.05) is 17.5 Å².